The molecule has 1 saturated heterocycles. The van der Waals surface area contributed by atoms with E-state index in [1.54, 1.807) is 30.1 Å². The molecule has 2 fully saturated rings. The molecule has 1 aromatic carbocycles. The lowest BCUT2D eigenvalue weighted by Crippen LogP contribution is -2.39. The van der Waals surface area contributed by atoms with Crippen molar-refractivity contribution in [3.63, 3.8) is 0 Å². The highest BCUT2D eigenvalue weighted by Gasteiger charge is 2.55. The number of fused-ring (bicyclic) bond motifs is 2. The summed E-state index contributed by atoms with van der Waals surface area (Å²) in [5.41, 5.74) is 0.341. The summed E-state index contributed by atoms with van der Waals surface area (Å²) in [5, 5.41) is 12.5. The van der Waals surface area contributed by atoms with Crippen LogP contribution in [0.5, 0.6) is 5.75 Å². The number of benzene rings is 1. The molecule has 0 bridgehead atoms. The molecule has 26 heavy (non-hydrogen) atoms. The van der Waals surface area contributed by atoms with Crippen molar-refractivity contribution in [2.75, 3.05) is 37.0 Å². The van der Waals surface area contributed by atoms with Crippen molar-refractivity contribution in [1.82, 2.24) is 4.90 Å². The van der Waals surface area contributed by atoms with Gasteiger partial charge in [-0.3, -0.25) is 9.59 Å². The predicted molar refractivity (Wildman–Crippen MR) is 93.3 cm³/mol. The highest BCUT2D eigenvalue weighted by molar-refractivity contribution is 5.99. The number of likely N-dealkylation sites (tertiary alicyclic amines) is 1. The Labute approximate surface area is 150 Å². The van der Waals surface area contributed by atoms with E-state index in [1.165, 1.54) is 4.90 Å². The van der Waals surface area contributed by atoms with Crippen LogP contribution in [0.3, 0.4) is 0 Å². The van der Waals surface area contributed by atoms with Crippen LogP contribution in [0.15, 0.2) is 18.2 Å². The number of anilines is 2. The van der Waals surface area contributed by atoms with Gasteiger partial charge in [-0.15, -0.1) is 0 Å². The fourth-order valence-electron chi connectivity index (χ4n) is 4.35. The number of nitrogens with zero attached hydrogens (tertiary/aromatic N) is 2. The molecule has 0 unspecified atom stereocenters. The fourth-order valence-corrected chi connectivity index (χ4v) is 4.35. The van der Waals surface area contributed by atoms with Crippen LogP contribution in [0.2, 0.25) is 0 Å². The van der Waals surface area contributed by atoms with Crippen molar-refractivity contribution in [3.8, 4) is 5.75 Å². The molecule has 2 heterocycles. The van der Waals surface area contributed by atoms with Gasteiger partial charge in [0.2, 0.25) is 0 Å². The number of hydrogen-bond donors (Lipinski definition) is 2. The molecule has 1 saturated carbocycles. The minimum Gasteiger partial charge on any atom is -0.482 e. The molecule has 0 aromatic heterocycles. The number of amides is 3. The lowest BCUT2D eigenvalue weighted by Gasteiger charge is -2.27. The molecule has 2 aliphatic heterocycles. The Morgan fingerprint density at radius 3 is 2.92 bits per heavy atom. The number of carboxylic acids is 1. The molecule has 1 aliphatic carbocycles. The van der Waals surface area contributed by atoms with E-state index in [0.29, 0.717) is 30.1 Å². The Hall–Kier alpha value is -2.77. The lowest BCUT2D eigenvalue weighted by molar-refractivity contribution is -0.149. The summed E-state index contributed by atoms with van der Waals surface area (Å²) in [7, 11) is 1.66. The van der Waals surface area contributed by atoms with Crippen LogP contribution >= 0.6 is 0 Å². The van der Waals surface area contributed by atoms with Crippen molar-refractivity contribution in [2.45, 2.75) is 19.3 Å². The number of carboxylic acid groups (broad SMARTS) is 1. The van der Waals surface area contributed by atoms with E-state index in [2.05, 4.69) is 5.32 Å². The lowest BCUT2D eigenvalue weighted by atomic mass is 9.81. The molecule has 138 valence electrons. The van der Waals surface area contributed by atoms with Crippen LogP contribution in [0.1, 0.15) is 19.3 Å². The third-order valence-electron chi connectivity index (χ3n) is 5.88. The summed E-state index contributed by atoms with van der Waals surface area (Å²) in [5.74, 6) is -0.352. The summed E-state index contributed by atoms with van der Waals surface area (Å²) in [6.07, 6.45) is 2.37. The van der Waals surface area contributed by atoms with E-state index in [4.69, 9.17) is 4.74 Å². The second-order valence-electron chi connectivity index (χ2n) is 7.29. The zero-order valence-corrected chi connectivity index (χ0v) is 14.5. The highest BCUT2D eigenvalue weighted by Crippen LogP contribution is 2.49. The molecule has 0 spiro atoms. The molecule has 2 atom stereocenters. The second-order valence-corrected chi connectivity index (χ2v) is 7.29. The van der Waals surface area contributed by atoms with Gasteiger partial charge < -0.3 is 25.0 Å². The monoisotopic (exact) mass is 359 g/mol. The average molecular weight is 359 g/mol. The van der Waals surface area contributed by atoms with Crippen molar-refractivity contribution in [2.24, 2.45) is 11.3 Å². The van der Waals surface area contributed by atoms with Gasteiger partial charge in [-0.25, -0.2) is 4.79 Å². The van der Waals surface area contributed by atoms with Crippen LogP contribution < -0.4 is 15.0 Å². The first-order valence-electron chi connectivity index (χ1n) is 8.73. The maximum absolute atomic E-state index is 12.6. The predicted octanol–water partition coefficient (Wildman–Crippen LogP) is 1.76. The van der Waals surface area contributed by atoms with Gasteiger partial charge in [-0.05, 0) is 37.0 Å². The number of ether oxygens (including phenoxy) is 1. The van der Waals surface area contributed by atoms with Crippen LogP contribution in [0.4, 0.5) is 16.2 Å². The summed E-state index contributed by atoms with van der Waals surface area (Å²) in [6.45, 7) is 0.706. The Morgan fingerprint density at radius 1 is 1.38 bits per heavy atom. The van der Waals surface area contributed by atoms with Gasteiger partial charge in [0.05, 0.1) is 11.1 Å². The van der Waals surface area contributed by atoms with Gasteiger partial charge >= 0.3 is 12.0 Å². The maximum atomic E-state index is 12.6. The molecule has 8 heteroatoms. The molecule has 0 radical (unpaired) electrons. The molecular weight excluding hydrogens is 338 g/mol. The topological polar surface area (TPSA) is 99.2 Å². The van der Waals surface area contributed by atoms with Gasteiger partial charge in [-0.2, -0.15) is 0 Å². The number of aliphatic carboxylic acids is 1. The zero-order valence-electron chi connectivity index (χ0n) is 14.5. The van der Waals surface area contributed by atoms with Gasteiger partial charge in [-0.1, -0.05) is 6.42 Å². The zero-order chi connectivity index (χ0) is 18.5. The number of carbonyl (C=O) groups excluding carboxylic acids is 2. The van der Waals surface area contributed by atoms with E-state index in [-0.39, 0.29) is 31.0 Å². The first kappa shape index (κ1) is 16.7. The van der Waals surface area contributed by atoms with Crippen molar-refractivity contribution in [3.05, 3.63) is 18.2 Å². The fraction of sp³-hybridized carbons (Fsp3) is 0.500. The summed E-state index contributed by atoms with van der Waals surface area (Å²) in [6, 6.07) is 4.80. The average Bonchev–Trinajstić information content (AvgIpc) is 3.17. The maximum Gasteiger partial charge on any atom is 0.321 e. The molecule has 4 rings (SSSR count). The molecular formula is C18H21N3O5. The van der Waals surface area contributed by atoms with Crippen molar-refractivity contribution >= 4 is 29.3 Å². The van der Waals surface area contributed by atoms with Crippen molar-refractivity contribution < 1.29 is 24.2 Å². The first-order chi connectivity index (χ1) is 12.4. The van der Waals surface area contributed by atoms with Gasteiger partial charge in [0, 0.05) is 25.8 Å². The Bertz CT molecular complexity index is 795. The smallest absolute Gasteiger partial charge is 0.321 e. The van der Waals surface area contributed by atoms with Crippen LogP contribution in [-0.4, -0.2) is 54.7 Å². The summed E-state index contributed by atoms with van der Waals surface area (Å²) < 4.78 is 5.38. The number of carbonyl (C=O) groups is 3. The third kappa shape index (κ3) is 2.48. The van der Waals surface area contributed by atoms with Crippen LogP contribution in [0.25, 0.3) is 0 Å². The summed E-state index contributed by atoms with van der Waals surface area (Å²) in [4.78, 5) is 39.2. The van der Waals surface area contributed by atoms with E-state index in [0.717, 1.165) is 12.8 Å². The second kappa shape index (κ2) is 5.89. The Balaban J connectivity index is 1.50. The minimum atomic E-state index is -0.804. The quantitative estimate of drug-likeness (QED) is 0.838. The van der Waals surface area contributed by atoms with Gasteiger partial charge in [0.25, 0.3) is 5.91 Å². The van der Waals surface area contributed by atoms with Crippen LogP contribution in [-0.2, 0) is 9.59 Å². The minimum absolute atomic E-state index is 0.00163. The Kier molecular flexibility index (Phi) is 3.78. The molecule has 8 nitrogen and oxygen atoms in total. The largest absolute Gasteiger partial charge is 0.482 e. The summed E-state index contributed by atoms with van der Waals surface area (Å²) >= 11 is 0. The third-order valence-corrected chi connectivity index (χ3v) is 5.88. The molecule has 3 amide bonds. The SMILES string of the molecule is CN1C(=O)COc2ccc(NC(=O)N3C[C@@H]4CCC[C@@]4(C(=O)O)C3)cc21. The van der Waals surface area contributed by atoms with Gasteiger partial charge in [0.15, 0.2) is 6.61 Å². The molecule has 3 aliphatic rings. The number of urea groups is 1. The van der Waals surface area contributed by atoms with E-state index >= 15 is 0 Å². The number of nitrogens with one attached hydrogen (secondary N) is 1. The number of rotatable bonds is 2. The number of hydrogen-bond acceptors (Lipinski definition) is 4. The van der Waals surface area contributed by atoms with Gasteiger partial charge in [0.1, 0.15) is 5.75 Å². The van der Waals surface area contributed by atoms with E-state index < -0.39 is 11.4 Å². The standard InChI is InChI=1S/C18H21N3O5/c1-20-13-7-12(4-5-14(13)26-9-15(20)22)19-17(25)21-8-11-3-2-6-18(11,10-21)16(23)24/h4-5,7,11H,2-3,6,8-10H2,1H3,(H,19,25)(H,23,24)/t11-,18+/m0/s1. The Morgan fingerprint density at radius 2 is 2.19 bits per heavy atom. The first-order valence-corrected chi connectivity index (χ1v) is 8.73. The molecule has 2 N–H and O–H groups in total. The number of likely N-dealkylation sites (N-methyl/N-ethyl adjacent to an activating group) is 1. The highest BCUT2D eigenvalue weighted by atomic mass is 16.5. The molecule has 1 aromatic rings. The van der Waals surface area contributed by atoms with Crippen molar-refractivity contribution in [1.29, 1.82) is 0 Å². The normalized spacial score (nSPS) is 27.0. The van der Waals surface area contributed by atoms with E-state index in [1.807, 2.05) is 0 Å². The van der Waals surface area contributed by atoms with Crippen LogP contribution in [0, 0.1) is 11.3 Å². The van der Waals surface area contributed by atoms with E-state index in [9.17, 15) is 19.5 Å².